The first kappa shape index (κ1) is 20.1. The zero-order chi connectivity index (χ0) is 21.5. The van der Waals surface area contributed by atoms with Gasteiger partial charge in [-0.2, -0.15) is 18.3 Å². The molecule has 0 aliphatic carbocycles. The second kappa shape index (κ2) is 7.56. The normalized spacial score (nSPS) is 11.6. The van der Waals surface area contributed by atoms with Gasteiger partial charge in [-0.3, -0.25) is 4.79 Å². The average Bonchev–Trinajstić information content (AvgIpc) is 3.08. The van der Waals surface area contributed by atoms with Gasteiger partial charge in [0.05, 0.1) is 21.9 Å². The number of benzene rings is 2. The molecule has 0 fully saturated rings. The van der Waals surface area contributed by atoms with Gasteiger partial charge in [-0.1, -0.05) is 18.2 Å². The topological polar surface area (TPSA) is 59.3 Å². The van der Waals surface area contributed by atoms with Gasteiger partial charge < -0.3 is 5.32 Å². The van der Waals surface area contributed by atoms with E-state index in [0.717, 1.165) is 33.4 Å². The molecule has 1 amide bonds. The molecule has 0 bridgehead atoms. The standard InChI is InChI=1S/C21H14BrF3N4O/c1-12-10-26-19-17(22)11-27-29(19)18(12)13-4-3-7-16(9-13)28-20(30)14-5-2-6-15(8-14)21(23,24)25/h2-11H,1H3,(H,28,30). The molecule has 4 rings (SSSR count). The number of rotatable bonds is 3. The lowest BCUT2D eigenvalue weighted by atomic mass is 10.1. The molecule has 9 heteroatoms. The van der Waals surface area contributed by atoms with Crippen molar-refractivity contribution < 1.29 is 18.0 Å². The molecule has 1 N–H and O–H groups in total. The first-order chi connectivity index (χ1) is 14.2. The molecule has 0 unspecified atom stereocenters. The summed E-state index contributed by atoms with van der Waals surface area (Å²) >= 11 is 3.41. The molecule has 2 aromatic heterocycles. The van der Waals surface area contributed by atoms with Gasteiger partial charge in [0.1, 0.15) is 0 Å². The summed E-state index contributed by atoms with van der Waals surface area (Å²) in [5, 5.41) is 7.00. The third-order valence-corrected chi connectivity index (χ3v) is 5.07. The molecular weight excluding hydrogens is 461 g/mol. The second-order valence-corrected chi connectivity index (χ2v) is 7.49. The van der Waals surface area contributed by atoms with E-state index in [2.05, 4.69) is 31.3 Å². The highest BCUT2D eigenvalue weighted by molar-refractivity contribution is 9.10. The van der Waals surface area contributed by atoms with Gasteiger partial charge in [0, 0.05) is 23.0 Å². The molecular formula is C21H14BrF3N4O. The van der Waals surface area contributed by atoms with Crippen LogP contribution in [0, 0.1) is 6.92 Å². The predicted octanol–water partition coefficient (Wildman–Crippen LogP) is 5.74. The smallest absolute Gasteiger partial charge is 0.322 e. The summed E-state index contributed by atoms with van der Waals surface area (Å²) in [4.78, 5) is 16.9. The monoisotopic (exact) mass is 474 g/mol. The van der Waals surface area contributed by atoms with Crippen LogP contribution in [0.2, 0.25) is 0 Å². The lowest BCUT2D eigenvalue weighted by Crippen LogP contribution is -2.14. The van der Waals surface area contributed by atoms with Gasteiger partial charge in [0.25, 0.3) is 5.91 Å². The fourth-order valence-electron chi connectivity index (χ4n) is 3.12. The van der Waals surface area contributed by atoms with Crippen molar-refractivity contribution in [3.8, 4) is 11.3 Å². The number of nitrogens with zero attached hydrogens (tertiary/aromatic N) is 3. The van der Waals surface area contributed by atoms with E-state index in [1.54, 1.807) is 35.1 Å². The molecule has 0 saturated carbocycles. The van der Waals surface area contributed by atoms with Crippen LogP contribution in [0.4, 0.5) is 18.9 Å². The number of nitrogens with one attached hydrogen (secondary N) is 1. The number of aromatic nitrogens is 3. The summed E-state index contributed by atoms with van der Waals surface area (Å²) in [6.45, 7) is 1.89. The van der Waals surface area contributed by atoms with Gasteiger partial charge in [-0.15, -0.1) is 0 Å². The highest BCUT2D eigenvalue weighted by Crippen LogP contribution is 2.30. The molecule has 4 aromatic rings. The van der Waals surface area contributed by atoms with Crippen molar-refractivity contribution in [3.63, 3.8) is 0 Å². The van der Waals surface area contributed by atoms with E-state index in [1.165, 1.54) is 12.1 Å². The summed E-state index contributed by atoms with van der Waals surface area (Å²) in [5.74, 6) is -0.628. The van der Waals surface area contributed by atoms with Crippen molar-refractivity contribution in [1.82, 2.24) is 14.6 Å². The van der Waals surface area contributed by atoms with Gasteiger partial charge in [-0.05, 0) is 58.7 Å². The predicted molar refractivity (Wildman–Crippen MR) is 110 cm³/mol. The molecule has 152 valence electrons. The summed E-state index contributed by atoms with van der Waals surface area (Å²) in [7, 11) is 0. The SMILES string of the molecule is Cc1cnc2c(Br)cnn2c1-c1cccc(NC(=O)c2cccc(C(F)(F)F)c2)c1. The van der Waals surface area contributed by atoms with Crippen LogP contribution in [-0.2, 0) is 6.18 Å². The number of hydrogen-bond donors (Lipinski definition) is 1. The summed E-state index contributed by atoms with van der Waals surface area (Å²) in [6, 6.07) is 11.3. The van der Waals surface area contributed by atoms with E-state index in [0.29, 0.717) is 11.3 Å². The molecule has 0 atom stereocenters. The first-order valence-corrected chi connectivity index (χ1v) is 9.61. The summed E-state index contributed by atoms with van der Waals surface area (Å²) < 4.78 is 41.2. The maximum atomic E-state index is 12.9. The number of carbonyl (C=O) groups excluding carboxylic acids is 1. The number of aryl methyl sites for hydroxylation is 1. The van der Waals surface area contributed by atoms with Gasteiger partial charge in [0.2, 0.25) is 0 Å². The van der Waals surface area contributed by atoms with E-state index >= 15 is 0 Å². The Hall–Kier alpha value is -3.20. The number of carbonyl (C=O) groups is 1. The van der Waals surface area contributed by atoms with Crippen LogP contribution in [0.15, 0.2) is 65.4 Å². The highest BCUT2D eigenvalue weighted by Gasteiger charge is 2.30. The van der Waals surface area contributed by atoms with Crippen molar-refractivity contribution in [2.45, 2.75) is 13.1 Å². The number of anilines is 1. The van der Waals surface area contributed by atoms with Crippen LogP contribution in [0.25, 0.3) is 16.9 Å². The number of halogens is 4. The van der Waals surface area contributed by atoms with Crippen LogP contribution in [-0.4, -0.2) is 20.5 Å². The zero-order valence-corrected chi connectivity index (χ0v) is 17.1. The van der Waals surface area contributed by atoms with Gasteiger partial charge in [-0.25, -0.2) is 9.50 Å². The number of fused-ring (bicyclic) bond motifs is 1. The number of amides is 1. The van der Waals surface area contributed by atoms with E-state index in [1.807, 2.05) is 13.0 Å². The molecule has 0 radical (unpaired) electrons. The maximum absolute atomic E-state index is 12.9. The van der Waals surface area contributed by atoms with Crippen LogP contribution < -0.4 is 5.32 Å². The number of alkyl halides is 3. The molecule has 2 heterocycles. The third-order valence-electron chi connectivity index (χ3n) is 4.51. The fraction of sp³-hybridized carbons (Fsp3) is 0.0952. The van der Waals surface area contributed by atoms with Crippen molar-refractivity contribution in [2.24, 2.45) is 0 Å². The summed E-state index contributed by atoms with van der Waals surface area (Å²) in [5.41, 5.74) is 2.59. The Bertz CT molecular complexity index is 1270. The zero-order valence-electron chi connectivity index (χ0n) is 15.5. The molecule has 2 aromatic carbocycles. The van der Waals surface area contributed by atoms with Gasteiger partial charge >= 0.3 is 6.18 Å². The molecule has 0 saturated heterocycles. The lowest BCUT2D eigenvalue weighted by Gasteiger charge is -2.12. The Kier molecular flexibility index (Phi) is 5.07. The van der Waals surface area contributed by atoms with Crippen LogP contribution in [0.1, 0.15) is 21.5 Å². The Morgan fingerprint density at radius 3 is 2.63 bits per heavy atom. The van der Waals surface area contributed by atoms with E-state index in [4.69, 9.17) is 0 Å². The second-order valence-electron chi connectivity index (χ2n) is 6.63. The Morgan fingerprint density at radius 2 is 1.87 bits per heavy atom. The molecule has 30 heavy (non-hydrogen) atoms. The molecule has 5 nitrogen and oxygen atoms in total. The average molecular weight is 475 g/mol. The van der Waals surface area contributed by atoms with Crippen molar-refractivity contribution >= 4 is 33.2 Å². The van der Waals surface area contributed by atoms with Crippen molar-refractivity contribution in [3.05, 3.63) is 82.1 Å². The van der Waals surface area contributed by atoms with Crippen LogP contribution >= 0.6 is 15.9 Å². The minimum Gasteiger partial charge on any atom is -0.322 e. The lowest BCUT2D eigenvalue weighted by molar-refractivity contribution is -0.137. The molecule has 0 spiro atoms. The Labute approximate surface area is 177 Å². The molecule has 0 aliphatic rings. The maximum Gasteiger partial charge on any atom is 0.416 e. The molecule has 0 aliphatic heterocycles. The van der Waals surface area contributed by atoms with Crippen LogP contribution in [0.5, 0.6) is 0 Å². The Balaban J connectivity index is 1.67. The van der Waals surface area contributed by atoms with E-state index in [9.17, 15) is 18.0 Å². The van der Waals surface area contributed by atoms with Gasteiger partial charge in [0.15, 0.2) is 5.65 Å². The van der Waals surface area contributed by atoms with Crippen molar-refractivity contribution in [2.75, 3.05) is 5.32 Å². The van der Waals surface area contributed by atoms with E-state index in [-0.39, 0.29) is 5.56 Å². The van der Waals surface area contributed by atoms with Crippen molar-refractivity contribution in [1.29, 1.82) is 0 Å². The first-order valence-electron chi connectivity index (χ1n) is 8.82. The fourth-order valence-corrected chi connectivity index (χ4v) is 3.48. The number of hydrogen-bond acceptors (Lipinski definition) is 3. The minimum atomic E-state index is -4.52. The largest absolute Gasteiger partial charge is 0.416 e. The quantitative estimate of drug-likeness (QED) is 0.411. The van der Waals surface area contributed by atoms with E-state index < -0.39 is 17.6 Å². The summed E-state index contributed by atoms with van der Waals surface area (Å²) in [6.07, 6.45) is -1.14. The minimum absolute atomic E-state index is 0.0753. The van der Waals surface area contributed by atoms with Crippen LogP contribution in [0.3, 0.4) is 0 Å². The third kappa shape index (κ3) is 3.80. The Morgan fingerprint density at radius 1 is 1.10 bits per heavy atom. The highest BCUT2D eigenvalue weighted by atomic mass is 79.9.